The van der Waals surface area contributed by atoms with E-state index in [1.807, 2.05) is 12.1 Å². The fourth-order valence-corrected chi connectivity index (χ4v) is 2.04. The van der Waals surface area contributed by atoms with Gasteiger partial charge >= 0.3 is 0 Å². The van der Waals surface area contributed by atoms with Crippen LogP contribution < -0.4 is 5.73 Å². The fourth-order valence-electron chi connectivity index (χ4n) is 2.04. The minimum atomic E-state index is 0.135. The van der Waals surface area contributed by atoms with E-state index in [1.54, 1.807) is 0 Å². The van der Waals surface area contributed by atoms with Crippen LogP contribution in [0, 0.1) is 0 Å². The van der Waals surface area contributed by atoms with Crippen LogP contribution in [0.5, 0.6) is 0 Å². The molecule has 0 saturated carbocycles. The zero-order valence-corrected chi connectivity index (χ0v) is 7.66. The van der Waals surface area contributed by atoms with Crippen LogP contribution in [0.2, 0.25) is 0 Å². The number of fused-ring (bicyclic) bond motifs is 1. The Bertz CT molecular complexity index is 295. The molecule has 0 aliphatic heterocycles. The lowest BCUT2D eigenvalue weighted by Gasteiger charge is -2.23. The molecule has 0 bridgehead atoms. The van der Waals surface area contributed by atoms with Gasteiger partial charge in [-0.1, -0.05) is 18.2 Å². The SMILES string of the molecule is N[C@@H]1CCc2cccc(CO)c2C1. The van der Waals surface area contributed by atoms with Gasteiger partial charge in [0.1, 0.15) is 0 Å². The topological polar surface area (TPSA) is 46.2 Å². The standard InChI is InChI=1S/C11H15NO/c12-10-5-4-8-2-1-3-9(7-13)11(8)6-10/h1-3,10,13H,4-7,12H2/t10-/m1/s1. The van der Waals surface area contributed by atoms with E-state index in [-0.39, 0.29) is 12.6 Å². The molecule has 3 N–H and O–H groups in total. The molecule has 0 saturated heterocycles. The summed E-state index contributed by atoms with van der Waals surface area (Å²) in [4.78, 5) is 0. The van der Waals surface area contributed by atoms with Crippen molar-refractivity contribution < 1.29 is 5.11 Å². The quantitative estimate of drug-likeness (QED) is 0.672. The van der Waals surface area contributed by atoms with Crippen LogP contribution in [0.4, 0.5) is 0 Å². The van der Waals surface area contributed by atoms with E-state index in [0.29, 0.717) is 0 Å². The van der Waals surface area contributed by atoms with Crippen LogP contribution >= 0.6 is 0 Å². The molecule has 0 aromatic heterocycles. The average Bonchev–Trinajstić information content (AvgIpc) is 2.17. The molecule has 2 heteroatoms. The van der Waals surface area contributed by atoms with Crippen molar-refractivity contribution in [2.45, 2.75) is 31.9 Å². The lowest BCUT2D eigenvalue weighted by atomic mass is 9.86. The average molecular weight is 177 g/mol. The van der Waals surface area contributed by atoms with Crippen LogP contribution in [0.15, 0.2) is 18.2 Å². The van der Waals surface area contributed by atoms with Gasteiger partial charge in [0, 0.05) is 6.04 Å². The summed E-state index contributed by atoms with van der Waals surface area (Å²) in [6.45, 7) is 0.135. The van der Waals surface area contributed by atoms with E-state index >= 15 is 0 Å². The smallest absolute Gasteiger partial charge is 0.0684 e. The number of aliphatic hydroxyl groups excluding tert-OH is 1. The Hall–Kier alpha value is -0.860. The summed E-state index contributed by atoms with van der Waals surface area (Å²) in [6, 6.07) is 6.42. The summed E-state index contributed by atoms with van der Waals surface area (Å²) in [5.74, 6) is 0. The van der Waals surface area contributed by atoms with E-state index in [9.17, 15) is 0 Å². The molecule has 1 aromatic carbocycles. The summed E-state index contributed by atoms with van der Waals surface area (Å²) in [7, 11) is 0. The van der Waals surface area contributed by atoms with Crippen molar-refractivity contribution in [3.63, 3.8) is 0 Å². The monoisotopic (exact) mass is 177 g/mol. The van der Waals surface area contributed by atoms with E-state index in [0.717, 1.165) is 24.8 Å². The first-order valence-electron chi connectivity index (χ1n) is 4.77. The second-order valence-corrected chi connectivity index (χ2v) is 3.72. The van der Waals surface area contributed by atoms with E-state index < -0.39 is 0 Å². The zero-order valence-electron chi connectivity index (χ0n) is 7.66. The maximum atomic E-state index is 9.14. The number of nitrogens with two attached hydrogens (primary N) is 1. The second-order valence-electron chi connectivity index (χ2n) is 3.72. The minimum Gasteiger partial charge on any atom is -0.392 e. The fraction of sp³-hybridized carbons (Fsp3) is 0.455. The molecule has 0 fully saturated rings. The lowest BCUT2D eigenvalue weighted by Crippen LogP contribution is -2.28. The van der Waals surface area contributed by atoms with Crippen molar-refractivity contribution >= 4 is 0 Å². The van der Waals surface area contributed by atoms with Gasteiger partial charge in [-0.25, -0.2) is 0 Å². The number of hydrogen-bond donors (Lipinski definition) is 2. The van der Waals surface area contributed by atoms with Gasteiger partial charge in [-0.2, -0.15) is 0 Å². The molecule has 1 aliphatic rings. The van der Waals surface area contributed by atoms with Crippen molar-refractivity contribution in [3.8, 4) is 0 Å². The van der Waals surface area contributed by atoms with Crippen molar-refractivity contribution in [3.05, 3.63) is 34.9 Å². The van der Waals surface area contributed by atoms with Gasteiger partial charge in [-0.05, 0) is 36.0 Å². The minimum absolute atomic E-state index is 0.135. The molecule has 2 nitrogen and oxygen atoms in total. The highest BCUT2D eigenvalue weighted by Crippen LogP contribution is 2.23. The summed E-state index contributed by atoms with van der Waals surface area (Å²) in [5.41, 5.74) is 9.59. The molecule has 1 aromatic rings. The van der Waals surface area contributed by atoms with E-state index in [1.165, 1.54) is 11.1 Å². The Balaban J connectivity index is 2.41. The number of hydrogen-bond acceptors (Lipinski definition) is 2. The highest BCUT2D eigenvalue weighted by molar-refractivity contribution is 5.37. The number of aliphatic hydroxyl groups is 1. The third-order valence-corrected chi connectivity index (χ3v) is 2.79. The van der Waals surface area contributed by atoms with Gasteiger partial charge in [0.05, 0.1) is 6.61 Å². The van der Waals surface area contributed by atoms with Gasteiger partial charge < -0.3 is 10.8 Å². The van der Waals surface area contributed by atoms with Gasteiger partial charge in [0.15, 0.2) is 0 Å². The normalized spacial score (nSPS) is 21.2. The molecule has 1 atom stereocenters. The summed E-state index contributed by atoms with van der Waals surface area (Å²) >= 11 is 0. The Kier molecular flexibility index (Phi) is 2.34. The van der Waals surface area contributed by atoms with Crippen molar-refractivity contribution in [1.29, 1.82) is 0 Å². The molecule has 0 radical (unpaired) electrons. The Morgan fingerprint density at radius 3 is 3.08 bits per heavy atom. The van der Waals surface area contributed by atoms with Crippen molar-refractivity contribution in [2.24, 2.45) is 5.73 Å². The summed E-state index contributed by atoms with van der Waals surface area (Å²) in [5, 5.41) is 9.14. The molecular formula is C11H15NO. The number of benzene rings is 1. The number of aryl methyl sites for hydroxylation is 1. The van der Waals surface area contributed by atoms with Crippen LogP contribution in [0.1, 0.15) is 23.1 Å². The molecule has 1 aliphatic carbocycles. The van der Waals surface area contributed by atoms with Crippen LogP contribution in [0.25, 0.3) is 0 Å². The first kappa shape index (κ1) is 8.73. The maximum absolute atomic E-state index is 9.14. The summed E-state index contributed by atoms with van der Waals surface area (Å²) in [6.07, 6.45) is 3.05. The number of rotatable bonds is 1. The third kappa shape index (κ3) is 1.60. The predicted molar refractivity (Wildman–Crippen MR) is 52.4 cm³/mol. The summed E-state index contributed by atoms with van der Waals surface area (Å²) < 4.78 is 0. The van der Waals surface area contributed by atoms with E-state index in [4.69, 9.17) is 10.8 Å². The zero-order chi connectivity index (χ0) is 9.26. The second kappa shape index (κ2) is 3.48. The lowest BCUT2D eigenvalue weighted by molar-refractivity contribution is 0.279. The van der Waals surface area contributed by atoms with Gasteiger partial charge in [-0.15, -0.1) is 0 Å². The maximum Gasteiger partial charge on any atom is 0.0684 e. The Labute approximate surface area is 78.4 Å². The Morgan fingerprint density at radius 1 is 1.46 bits per heavy atom. The van der Waals surface area contributed by atoms with Gasteiger partial charge in [0.25, 0.3) is 0 Å². The molecule has 13 heavy (non-hydrogen) atoms. The molecule has 0 heterocycles. The molecule has 0 amide bonds. The molecule has 70 valence electrons. The molecule has 0 unspecified atom stereocenters. The molecular weight excluding hydrogens is 162 g/mol. The highest BCUT2D eigenvalue weighted by Gasteiger charge is 2.17. The van der Waals surface area contributed by atoms with Crippen molar-refractivity contribution in [1.82, 2.24) is 0 Å². The van der Waals surface area contributed by atoms with Crippen molar-refractivity contribution in [2.75, 3.05) is 0 Å². The highest BCUT2D eigenvalue weighted by atomic mass is 16.3. The predicted octanol–water partition coefficient (Wildman–Crippen LogP) is 0.995. The van der Waals surface area contributed by atoms with Gasteiger partial charge in [-0.3, -0.25) is 0 Å². The third-order valence-electron chi connectivity index (χ3n) is 2.79. The largest absolute Gasteiger partial charge is 0.392 e. The first-order chi connectivity index (χ1) is 6.31. The van der Waals surface area contributed by atoms with Gasteiger partial charge in [0.2, 0.25) is 0 Å². The first-order valence-corrected chi connectivity index (χ1v) is 4.77. The Morgan fingerprint density at radius 2 is 2.31 bits per heavy atom. The van der Waals surface area contributed by atoms with Crippen LogP contribution in [-0.4, -0.2) is 11.1 Å². The van der Waals surface area contributed by atoms with Crippen LogP contribution in [-0.2, 0) is 19.4 Å². The van der Waals surface area contributed by atoms with Crippen LogP contribution in [0.3, 0.4) is 0 Å². The molecule has 2 rings (SSSR count). The molecule has 0 spiro atoms. The van der Waals surface area contributed by atoms with E-state index in [2.05, 4.69) is 6.07 Å².